The quantitative estimate of drug-likeness (QED) is 0.836. The van der Waals surface area contributed by atoms with Crippen LogP contribution in [0, 0.1) is 0 Å². The van der Waals surface area contributed by atoms with Gasteiger partial charge in [0, 0.05) is 6.07 Å². The minimum Gasteiger partial charge on any atom is -0.492 e. The second kappa shape index (κ2) is 7.87. The molecule has 0 radical (unpaired) electrons. The normalized spacial score (nSPS) is 15.2. The lowest BCUT2D eigenvalue weighted by molar-refractivity contribution is 0.101. The molecule has 0 atom stereocenters. The molecular weight excluding hydrogens is 308 g/mol. The summed E-state index contributed by atoms with van der Waals surface area (Å²) < 4.78 is 7.26. The molecule has 8 heteroatoms. The maximum Gasteiger partial charge on any atom is 0.275 e. The third kappa shape index (κ3) is 3.88. The van der Waals surface area contributed by atoms with Crippen LogP contribution in [0.25, 0.3) is 0 Å². The summed E-state index contributed by atoms with van der Waals surface area (Å²) in [6.45, 7) is 4.50. The Labute approximate surface area is 140 Å². The van der Waals surface area contributed by atoms with Crippen molar-refractivity contribution in [3.8, 4) is 5.75 Å². The molecule has 0 spiro atoms. The zero-order valence-electron chi connectivity index (χ0n) is 13.7. The van der Waals surface area contributed by atoms with Crippen LogP contribution in [0.5, 0.6) is 5.75 Å². The van der Waals surface area contributed by atoms with E-state index in [1.54, 1.807) is 23.1 Å². The molecule has 3 rings (SSSR count). The van der Waals surface area contributed by atoms with Crippen LogP contribution in [0.1, 0.15) is 42.7 Å². The molecule has 0 saturated carbocycles. The lowest BCUT2D eigenvalue weighted by Gasteiger charge is -2.23. The van der Waals surface area contributed by atoms with Crippen LogP contribution in [0.4, 0.5) is 5.69 Å². The van der Waals surface area contributed by atoms with Gasteiger partial charge in [0.05, 0.1) is 36.9 Å². The van der Waals surface area contributed by atoms with E-state index in [2.05, 4.69) is 25.9 Å². The first-order valence-corrected chi connectivity index (χ1v) is 8.28. The molecule has 0 bridgehead atoms. The monoisotopic (exact) mass is 330 g/mol. The molecule has 1 saturated heterocycles. The van der Waals surface area contributed by atoms with E-state index in [0.717, 1.165) is 32.4 Å². The van der Waals surface area contributed by atoms with Crippen LogP contribution in [-0.2, 0) is 0 Å². The van der Waals surface area contributed by atoms with Gasteiger partial charge in [0.25, 0.3) is 5.91 Å². The Balaban J connectivity index is 1.70. The minimum atomic E-state index is -0.243. The summed E-state index contributed by atoms with van der Waals surface area (Å²) in [5.74, 6) is 0.396. The fourth-order valence-corrected chi connectivity index (χ4v) is 2.71. The predicted molar refractivity (Wildman–Crippen MR) is 89.1 cm³/mol. The number of rotatable bonds is 6. The molecule has 2 aromatic rings. The number of nitrogens with zero attached hydrogens (tertiary/aromatic N) is 4. The second-order valence-electron chi connectivity index (χ2n) is 5.76. The van der Waals surface area contributed by atoms with Gasteiger partial charge >= 0.3 is 0 Å². The maximum absolute atomic E-state index is 12.6. The Bertz CT molecular complexity index is 681. The van der Waals surface area contributed by atoms with E-state index in [1.165, 1.54) is 6.20 Å². The lowest BCUT2D eigenvalue weighted by atomic mass is 10.1. The van der Waals surface area contributed by atoms with E-state index in [1.807, 2.05) is 6.92 Å². The van der Waals surface area contributed by atoms with Gasteiger partial charge in [-0.25, -0.2) is 4.68 Å². The highest BCUT2D eigenvalue weighted by molar-refractivity contribution is 6.02. The van der Waals surface area contributed by atoms with Crippen molar-refractivity contribution in [2.75, 3.05) is 25.0 Å². The number of hydrogen-bond acceptors (Lipinski definition) is 6. The van der Waals surface area contributed by atoms with Gasteiger partial charge in [-0.2, -0.15) is 0 Å². The van der Waals surface area contributed by atoms with E-state index < -0.39 is 0 Å². The SMILES string of the molecule is CCCOc1cncc(NC(=O)c2cnnn2C2CCNCC2)c1. The topological polar surface area (TPSA) is 94.0 Å². The Kier molecular flexibility index (Phi) is 5.37. The number of hydrogen-bond donors (Lipinski definition) is 2. The Morgan fingerprint density at radius 2 is 2.21 bits per heavy atom. The Morgan fingerprint density at radius 3 is 3.00 bits per heavy atom. The van der Waals surface area contributed by atoms with Gasteiger partial charge in [-0.05, 0) is 32.4 Å². The number of anilines is 1. The first-order chi connectivity index (χ1) is 11.8. The number of carbonyl (C=O) groups excluding carboxylic acids is 1. The van der Waals surface area contributed by atoms with Crippen LogP contribution >= 0.6 is 0 Å². The van der Waals surface area contributed by atoms with E-state index >= 15 is 0 Å². The highest BCUT2D eigenvalue weighted by Crippen LogP contribution is 2.20. The van der Waals surface area contributed by atoms with Crippen LogP contribution in [0.15, 0.2) is 24.7 Å². The van der Waals surface area contributed by atoms with Gasteiger partial charge in [0.15, 0.2) is 0 Å². The summed E-state index contributed by atoms with van der Waals surface area (Å²) in [7, 11) is 0. The summed E-state index contributed by atoms with van der Waals surface area (Å²) in [6.07, 6.45) is 7.51. The molecule has 1 fully saturated rings. The number of piperidine rings is 1. The zero-order valence-corrected chi connectivity index (χ0v) is 13.7. The van der Waals surface area contributed by atoms with Crippen LogP contribution < -0.4 is 15.4 Å². The van der Waals surface area contributed by atoms with Gasteiger partial charge in [-0.15, -0.1) is 5.10 Å². The van der Waals surface area contributed by atoms with Crippen LogP contribution in [0.3, 0.4) is 0 Å². The minimum absolute atomic E-state index is 0.201. The van der Waals surface area contributed by atoms with Crippen molar-refractivity contribution in [1.29, 1.82) is 0 Å². The van der Waals surface area contributed by atoms with Crippen molar-refractivity contribution in [2.24, 2.45) is 0 Å². The molecule has 0 unspecified atom stereocenters. The van der Waals surface area contributed by atoms with Crippen molar-refractivity contribution in [2.45, 2.75) is 32.2 Å². The molecular formula is C16H22N6O2. The summed E-state index contributed by atoms with van der Waals surface area (Å²) >= 11 is 0. The molecule has 0 aliphatic carbocycles. The van der Waals surface area contributed by atoms with Crippen molar-refractivity contribution < 1.29 is 9.53 Å². The van der Waals surface area contributed by atoms with E-state index in [4.69, 9.17) is 4.74 Å². The maximum atomic E-state index is 12.6. The molecule has 3 heterocycles. The third-order valence-corrected chi connectivity index (χ3v) is 3.91. The Hall–Kier alpha value is -2.48. The van der Waals surface area contributed by atoms with Crippen molar-refractivity contribution in [3.63, 3.8) is 0 Å². The molecule has 2 aromatic heterocycles. The fourth-order valence-electron chi connectivity index (χ4n) is 2.71. The molecule has 2 N–H and O–H groups in total. The Morgan fingerprint density at radius 1 is 1.38 bits per heavy atom. The number of aromatic nitrogens is 4. The third-order valence-electron chi connectivity index (χ3n) is 3.91. The number of carbonyl (C=O) groups is 1. The summed E-state index contributed by atoms with van der Waals surface area (Å²) in [6, 6.07) is 1.96. The van der Waals surface area contributed by atoms with E-state index in [9.17, 15) is 4.79 Å². The number of pyridine rings is 1. The van der Waals surface area contributed by atoms with Crippen molar-refractivity contribution >= 4 is 11.6 Å². The number of amides is 1. The van der Waals surface area contributed by atoms with E-state index in [0.29, 0.717) is 23.7 Å². The fraction of sp³-hybridized carbons (Fsp3) is 0.500. The molecule has 1 aliphatic heterocycles. The standard InChI is InChI=1S/C16H22N6O2/c1-2-7-24-14-8-12(9-18-10-14)20-16(23)15-11-19-21-22(15)13-3-5-17-6-4-13/h8-11,13,17H,2-7H2,1H3,(H,20,23). The molecule has 0 aromatic carbocycles. The number of nitrogens with one attached hydrogen (secondary N) is 2. The zero-order chi connectivity index (χ0) is 16.8. The molecule has 1 amide bonds. The highest BCUT2D eigenvalue weighted by Gasteiger charge is 2.22. The first kappa shape index (κ1) is 16.4. The first-order valence-electron chi connectivity index (χ1n) is 8.28. The number of ether oxygens (including phenoxy) is 1. The second-order valence-corrected chi connectivity index (χ2v) is 5.76. The van der Waals surface area contributed by atoms with E-state index in [-0.39, 0.29) is 11.9 Å². The largest absolute Gasteiger partial charge is 0.492 e. The smallest absolute Gasteiger partial charge is 0.275 e. The molecule has 1 aliphatic rings. The van der Waals surface area contributed by atoms with Crippen molar-refractivity contribution in [1.82, 2.24) is 25.3 Å². The molecule has 8 nitrogen and oxygen atoms in total. The van der Waals surface area contributed by atoms with Crippen LogP contribution in [-0.4, -0.2) is 45.6 Å². The molecule has 128 valence electrons. The highest BCUT2D eigenvalue weighted by atomic mass is 16.5. The average molecular weight is 330 g/mol. The lowest BCUT2D eigenvalue weighted by Crippen LogP contribution is -2.31. The summed E-state index contributed by atoms with van der Waals surface area (Å²) in [5, 5.41) is 14.2. The van der Waals surface area contributed by atoms with Gasteiger partial charge in [0.2, 0.25) is 0 Å². The van der Waals surface area contributed by atoms with Crippen LogP contribution in [0.2, 0.25) is 0 Å². The van der Waals surface area contributed by atoms with Crippen molar-refractivity contribution in [3.05, 3.63) is 30.4 Å². The predicted octanol–water partition coefficient (Wildman–Crippen LogP) is 1.64. The van der Waals surface area contributed by atoms with Gasteiger partial charge < -0.3 is 15.4 Å². The van der Waals surface area contributed by atoms with Gasteiger partial charge in [-0.3, -0.25) is 9.78 Å². The van der Waals surface area contributed by atoms with Gasteiger partial charge in [0.1, 0.15) is 11.4 Å². The van der Waals surface area contributed by atoms with Gasteiger partial charge in [-0.1, -0.05) is 12.1 Å². The average Bonchev–Trinajstić information content (AvgIpc) is 3.11. The summed E-state index contributed by atoms with van der Waals surface area (Å²) in [4.78, 5) is 16.7. The molecule has 24 heavy (non-hydrogen) atoms. The summed E-state index contributed by atoms with van der Waals surface area (Å²) in [5.41, 5.74) is 1.05.